The smallest absolute Gasteiger partial charge is 0.335 e. The number of ether oxygens (including phenoxy) is 2. The van der Waals surface area contributed by atoms with Crippen molar-refractivity contribution in [3.8, 4) is 5.75 Å². The largest absolute Gasteiger partial charge is 0.463 e. The lowest BCUT2D eigenvalue weighted by Crippen LogP contribution is -2.42. The van der Waals surface area contributed by atoms with Crippen molar-refractivity contribution in [3.63, 3.8) is 0 Å². The van der Waals surface area contributed by atoms with Crippen LogP contribution in [-0.2, 0) is 19.7 Å². The van der Waals surface area contributed by atoms with E-state index in [4.69, 9.17) is 9.47 Å². The van der Waals surface area contributed by atoms with E-state index in [1.165, 1.54) is 0 Å². The molecule has 5 heteroatoms. The van der Waals surface area contributed by atoms with Crippen molar-refractivity contribution in [1.29, 1.82) is 0 Å². The third kappa shape index (κ3) is 2.27. The van der Waals surface area contributed by atoms with Crippen molar-refractivity contribution in [2.24, 2.45) is 0 Å². The van der Waals surface area contributed by atoms with Crippen LogP contribution >= 0.6 is 15.9 Å². The van der Waals surface area contributed by atoms with E-state index in [1.54, 1.807) is 13.0 Å². The predicted molar refractivity (Wildman–Crippen MR) is 100.0 cm³/mol. The molecule has 132 valence electrons. The Morgan fingerprint density at radius 1 is 1.23 bits per heavy atom. The highest BCUT2D eigenvalue weighted by atomic mass is 79.9. The molecule has 0 N–H and O–H groups in total. The molecule has 26 heavy (non-hydrogen) atoms. The van der Waals surface area contributed by atoms with Crippen LogP contribution in [-0.4, -0.2) is 18.5 Å². The van der Waals surface area contributed by atoms with E-state index in [9.17, 15) is 9.59 Å². The van der Waals surface area contributed by atoms with Gasteiger partial charge in [-0.2, -0.15) is 0 Å². The molecule has 1 heterocycles. The lowest BCUT2D eigenvalue weighted by atomic mass is 9.67. The molecule has 1 aliphatic heterocycles. The van der Waals surface area contributed by atoms with Crippen LogP contribution in [0.2, 0.25) is 0 Å². The minimum absolute atomic E-state index is 0.242. The first-order valence-corrected chi connectivity index (χ1v) is 9.34. The number of para-hydroxylation sites is 1. The molecule has 1 aliphatic carbocycles. The van der Waals surface area contributed by atoms with E-state index in [0.717, 1.165) is 15.6 Å². The van der Waals surface area contributed by atoms with Crippen LogP contribution in [0, 0.1) is 0 Å². The van der Waals surface area contributed by atoms with Gasteiger partial charge < -0.3 is 9.47 Å². The van der Waals surface area contributed by atoms with Crippen LogP contribution in [0.4, 0.5) is 0 Å². The van der Waals surface area contributed by atoms with Crippen LogP contribution < -0.4 is 4.74 Å². The van der Waals surface area contributed by atoms with Crippen molar-refractivity contribution >= 4 is 27.9 Å². The van der Waals surface area contributed by atoms with Gasteiger partial charge in [0, 0.05) is 16.0 Å². The fourth-order valence-electron chi connectivity index (χ4n) is 4.09. The standard InChI is InChI=1S/C21H17BrO4/c1-2-25-19(23)16-12-11-14(13-7-3-5-9-17(13)22)21(16)15-8-4-6-10-18(15)26-20(21)24/h3-10,12,14H,2,11H2,1H3/t14-,21+/m1/s1. The molecule has 0 fully saturated rings. The number of halogens is 1. The first kappa shape index (κ1) is 17.0. The first-order chi connectivity index (χ1) is 12.6. The number of rotatable bonds is 3. The predicted octanol–water partition coefficient (Wildman–Crippen LogP) is 4.28. The summed E-state index contributed by atoms with van der Waals surface area (Å²) in [7, 11) is 0. The lowest BCUT2D eigenvalue weighted by molar-refractivity contribution is -0.144. The Balaban J connectivity index is 1.95. The van der Waals surface area contributed by atoms with Gasteiger partial charge in [-0.05, 0) is 31.0 Å². The molecule has 0 aromatic heterocycles. The summed E-state index contributed by atoms with van der Waals surface area (Å²) in [6.45, 7) is 2.01. The summed E-state index contributed by atoms with van der Waals surface area (Å²) in [6.07, 6.45) is 2.38. The molecule has 0 radical (unpaired) electrons. The van der Waals surface area contributed by atoms with E-state index in [2.05, 4.69) is 15.9 Å². The molecule has 2 aliphatic rings. The Bertz CT molecular complexity index is 933. The summed E-state index contributed by atoms with van der Waals surface area (Å²) in [5.41, 5.74) is 0.890. The minimum atomic E-state index is -1.17. The van der Waals surface area contributed by atoms with E-state index in [-0.39, 0.29) is 12.5 Å². The first-order valence-electron chi connectivity index (χ1n) is 8.54. The normalized spacial score (nSPS) is 23.5. The van der Waals surface area contributed by atoms with Crippen molar-refractivity contribution in [3.05, 3.63) is 75.8 Å². The topological polar surface area (TPSA) is 52.6 Å². The second kappa shape index (κ2) is 6.40. The van der Waals surface area contributed by atoms with Gasteiger partial charge >= 0.3 is 11.9 Å². The van der Waals surface area contributed by atoms with E-state index < -0.39 is 17.4 Å². The Labute approximate surface area is 159 Å². The summed E-state index contributed by atoms with van der Waals surface area (Å²) in [5, 5.41) is 0. The van der Waals surface area contributed by atoms with Gasteiger partial charge in [0.1, 0.15) is 11.2 Å². The van der Waals surface area contributed by atoms with Crippen LogP contribution in [0.3, 0.4) is 0 Å². The zero-order valence-electron chi connectivity index (χ0n) is 14.2. The maximum absolute atomic E-state index is 13.2. The van der Waals surface area contributed by atoms with E-state index in [1.807, 2.05) is 48.5 Å². The number of carbonyl (C=O) groups is 2. The van der Waals surface area contributed by atoms with Gasteiger partial charge in [-0.15, -0.1) is 0 Å². The fourth-order valence-corrected chi connectivity index (χ4v) is 4.65. The molecule has 4 nitrogen and oxygen atoms in total. The highest BCUT2D eigenvalue weighted by Crippen LogP contribution is 2.58. The van der Waals surface area contributed by atoms with E-state index in [0.29, 0.717) is 17.7 Å². The van der Waals surface area contributed by atoms with Gasteiger partial charge in [0.15, 0.2) is 0 Å². The second-order valence-electron chi connectivity index (χ2n) is 6.34. The van der Waals surface area contributed by atoms with Crippen LogP contribution in [0.15, 0.2) is 64.7 Å². The number of hydrogen-bond donors (Lipinski definition) is 0. The van der Waals surface area contributed by atoms with Gasteiger partial charge in [-0.1, -0.05) is 58.4 Å². The molecule has 0 bridgehead atoms. The summed E-state index contributed by atoms with van der Waals surface area (Å²) in [6, 6.07) is 15.1. The zero-order valence-corrected chi connectivity index (χ0v) is 15.8. The Morgan fingerprint density at radius 2 is 1.96 bits per heavy atom. The molecule has 0 amide bonds. The summed E-state index contributed by atoms with van der Waals surface area (Å²) < 4.78 is 11.8. The summed E-state index contributed by atoms with van der Waals surface area (Å²) in [4.78, 5) is 25.9. The van der Waals surface area contributed by atoms with Crippen molar-refractivity contribution in [1.82, 2.24) is 0 Å². The second-order valence-corrected chi connectivity index (χ2v) is 7.20. The maximum Gasteiger partial charge on any atom is 0.335 e. The molecule has 0 unspecified atom stereocenters. The third-order valence-electron chi connectivity index (χ3n) is 5.12. The Hall–Kier alpha value is -2.40. The molecule has 2 aromatic carbocycles. The van der Waals surface area contributed by atoms with Gasteiger partial charge in [0.2, 0.25) is 0 Å². The van der Waals surface area contributed by atoms with Gasteiger partial charge in [-0.3, -0.25) is 4.79 Å². The zero-order chi connectivity index (χ0) is 18.3. The number of hydrogen-bond acceptors (Lipinski definition) is 4. The van der Waals surface area contributed by atoms with Crippen molar-refractivity contribution in [2.75, 3.05) is 6.61 Å². The number of carbonyl (C=O) groups excluding carboxylic acids is 2. The third-order valence-corrected chi connectivity index (χ3v) is 5.84. The molecule has 2 aromatic rings. The lowest BCUT2D eigenvalue weighted by Gasteiger charge is -2.31. The molecule has 0 saturated heterocycles. The molecular weight excluding hydrogens is 396 g/mol. The van der Waals surface area contributed by atoms with Crippen LogP contribution in [0.25, 0.3) is 0 Å². The monoisotopic (exact) mass is 412 g/mol. The molecule has 4 rings (SSSR count). The van der Waals surface area contributed by atoms with E-state index >= 15 is 0 Å². The SMILES string of the molecule is CCOC(=O)C1=CC[C@H](c2ccccc2Br)[C@@]12C(=O)Oc1ccccc12. The highest BCUT2D eigenvalue weighted by Gasteiger charge is 2.61. The maximum atomic E-state index is 13.2. The average molecular weight is 413 g/mol. The summed E-state index contributed by atoms with van der Waals surface area (Å²) >= 11 is 3.59. The molecule has 0 saturated carbocycles. The number of allylic oxidation sites excluding steroid dienone is 1. The molecular formula is C21H17BrO4. The van der Waals surface area contributed by atoms with Gasteiger partial charge in [0.05, 0.1) is 12.2 Å². The quantitative estimate of drug-likeness (QED) is 0.557. The minimum Gasteiger partial charge on any atom is -0.463 e. The average Bonchev–Trinajstić information content (AvgIpc) is 3.16. The van der Waals surface area contributed by atoms with Crippen molar-refractivity contribution < 1.29 is 19.1 Å². The van der Waals surface area contributed by atoms with Crippen LogP contribution in [0.5, 0.6) is 5.75 Å². The van der Waals surface area contributed by atoms with Gasteiger partial charge in [0.25, 0.3) is 0 Å². The van der Waals surface area contributed by atoms with Crippen LogP contribution in [0.1, 0.15) is 30.4 Å². The fraction of sp³-hybridized carbons (Fsp3) is 0.238. The molecule has 2 atom stereocenters. The highest BCUT2D eigenvalue weighted by molar-refractivity contribution is 9.10. The summed E-state index contributed by atoms with van der Waals surface area (Å²) in [5.74, 6) is -0.618. The number of benzene rings is 2. The number of esters is 2. The Morgan fingerprint density at radius 3 is 2.73 bits per heavy atom. The molecule has 1 spiro atoms. The van der Waals surface area contributed by atoms with Crippen molar-refractivity contribution in [2.45, 2.75) is 24.7 Å². The number of fused-ring (bicyclic) bond motifs is 2. The Kier molecular flexibility index (Phi) is 4.19. The van der Waals surface area contributed by atoms with Gasteiger partial charge in [-0.25, -0.2) is 4.79 Å².